The summed E-state index contributed by atoms with van der Waals surface area (Å²) in [6.45, 7) is 4.79. The summed E-state index contributed by atoms with van der Waals surface area (Å²) in [5.41, 5.74) is 0. The summed E-state index contributed by atoms with van der Waals surface area (Å²) >= 11 is 11.8. The predicted octanol–water partition coefficient (Wildman–Crippen LogP) is 3.44. The van der Waals surface area contributed by atoms with Crippen LogP contribution in [0.3, 0.4) is 0 Å². The van der Waals surface area contributed by atoms with Crippen LogP contribution in [0.25, 0.3) is 0 Å². The van der Waals surface area contributed by atoms with Crippen molar-refractivity contribution in [2.24, 2.45) is 0 Å². The Morgan fingerprint density at radius 1 is 1.36 bits per heavy atom. The largest absolute Gasteiger partial charge is 0.481 e. The zero-order chi connectivity index (χ0) is 15.4. The zero-order valence-corrected chi connectivity index (χ0v) is 14.9. The van der Waals surface area contributed by atoms with E-state index in [0.29, 0.717) is 15.8 Å². The van der Waals surface area contributed by atoms with Gasteiger partial charge in [0.15, 0.2) is 6.10 Å². The van der Waals surface area contributed by atoms with Crippen molar-refractivity contribution in [2.45, 2.75) is 44.9 Å². The second kappa shape index (κ2) is 8.82. The van der Waals surface area contributed by atoms with Crippen LogP contribution in [0.15, 0.2) is 18.2 Å². The fourth-order valence-electron chi connectivity index (χ4n) is 2.40. The molecule has 1 aromatic carbocycles. The Morgan fingerprint density at radius 3 is 2.59 bits per heavy atom. The fraction of sp³-hybridized carbons (Fsp3) is 0.533. The number of rotatable bonds is 4. The van der Waals surface area contributed by atoms with Crippen LogP contribution < -0.4 is 15.4 Å². The molecule has 1 aliphatic heterocycles. The van der Waals surface area contributed by atoms with Crippen molar-refractivity contribution < 1.29 is 9.53 Å². The number of piperidine rings is 1. The molecule has 0 spiro atoms. The minimum atomic E-state index is -0.603. The molecule has 1 aliphatic rings. The summed E-state index contributed by atoms with van der Waals surface area (Å²) in [6.07, 6.45) is 1.44. The van der Waals surface area contributed by atoms with Gasteiger partial charge in [-0.25, -0.2) is 0 Å². The number of amides is 1. The quantitative estimate of drug-likeness (QED) is 0.857. The molecule has 2 rings (SSSR count). The van der Waals surface area contributed by atoms with Crippen LogP contribution in [0.2, 0.25) is 10.0 Å². The molecule has 1 aromatic rings. The summed E-state index contributed by atoms with van der Waals surface area (Å²) in [4.78, 5) is 12.2. The van der Waals surface area contributed by atoms with E-state index in [0.717, 1.165) is 19.4 Å². The Kier molecular flexibility index (Phi) is 7.77. The zero-order valence-electron chi connectivity index (χ0n) is 12.6. The molecule has 0 radical (unpaired) electrons. The van der Waals surface area contributed by atoms with Gasteiger partial charge in [-0.3, -0.25) is 4.79 Å². The van der Waals surface area contributed by atoms with Crippen LogP contribution in [-0.2, 0) is 4.79 Å². The van der Waals surface area contributed by atoms with E-state index < -0.39 is 6.10 Å². The van der Waals surface area contributed by atoms with Gasteiger partial charge in [0.2, 0.25) is 0 Å². The highest BCUT2D eigenvalue weighted by molar-refractivity contribution is 6.34. The highest BCUT2D eigenvalue weighted by Gasteiger charge is 2.25. The van der Waals surface area contributed by atoms with Crippen molar-refractivity contribution in [2.75, 3.05) is 6.54 Å². The van der Waals surface area contributed by atoms with E-state index in [9.17, 15) is 4.79 Å². The van der Waals surface area contributed by atoms with E-state index in [1.54, 1.807) is 25.1 Å². The lowest BCUT2D eigenvalue weighted by Crippen LogP contribution is -2.54. The van der Waals surface area contributed by atoms with E-state index in [-0.39, 0.29) is 30.4 Å². The van der Waals surface area contributed by atoms with Gasteiger partial charge in [-0.2, -0.15) is 0 Å². The molecule has 124 valence electrons. The van der Waals surface area contributed by atoms with Gasteiger partial charge in [0.25, 0.3) is 5.91 Å². The van der Waals surface area contributed by atoms with Gasteiger partial charge in [0, 0.05) is 22.1 Å². The molecule has 3 unspecified atom stereocenters. The van der Waals surface area contributed by atoms with Gasteiger partial charge in [-0.05, 0) is 51.4 Å². The maximum atomic E-state index is 12.2. The summed E-state index contributed by atoms with van der Waals surface area (Å²) < 4.78 is 5.61. The molecule has 7 heteroatoms. The number of ether oxygens (including phenoxy) is 1. The van der Waals surface area contributed by atoms with E-state index in [1.807, 2.05) is 0 Å². The molecule has 2 N–H and O–H groups in total. The minimum Gasteiger partial charge on any atom is -0.481 e. The SMILES string of the molecule is CC(Oc1cc(Cl)cc(Cl)c1)C(=O)NC1CCCNC1C.Cl. The highest BCUT2D eigenvalue weighted by Crippen LogP contribution is 2.25. The summed E-state index contributed by atoms with van der Waals surface area (Å²) in [6, 6.07) is 5.32. The molecular formula is C15H21Cl3N2O2. The fourth-order valence-corrected chi connectivity index (χ4v) is 2.90. The third-order valence-electron chi connectivity index (χ3n) is 3.61. The van der Waals surface area contributed by atoms with Crippen LogP contribution in [0, 0.1) is 0 Å². The first-order valence-electron chi connectivity index (χ1n) is 7.12. The monoisotopic (exact) mass is 366 g/mol. The van der Waals surface area contributed by atoms with E-state index >= 15 is 0 Å². The molecular weight excluding hydrogens is 347 g/mol. The maximum absolute atomic E-state index is 12.2. The van der Waals surface area contributed by atoms with Crippen molar-refractivity contribution in [1.82, 2.24) is 10.6 Å². The lowest BCUT2D eigenvalue weighted by atomic mass is 10.00. The van der Waals surface area contributed by atoms with E-state index in [4.69, 9.17) is 27.9 Å². The predicted molar refractivity (Wildman–Crippen MR) is 92.4 cm³/mol. The Balaban J connectivity index is 0.00000242. The third kappa shape index (κ3) is 5.51. The van der Waals surface area contributed by atoms with Crippen LogP contribution in [0.1, 0.15) is 26.7 Å². The second-order valence-electron chi connectivity index (χ2n) is 5.37. The van der Waals surface area contributed by atoms with E-state index in [2.05, 4.69) is 17.6 Å². The maximum Gasteiger partial charge on any atom is 0.261 e. The van der Waals surface area contributed by atoms with Crippen LogP contribution in [-0.4, -0.2) is 30.6 Å². The number of hydrogen-bond acceptors (Lipinski definition) is 3. The van der Waals surface area contributed by atoms with Crippen molar-refractivity contribution >= 4 is 41.5 Å². The molecule has 22 heavy (non-hydrogen) atoms. The summed E-state index contributed by atoms with van der Waals surface area (Å²) in [5.74, 6) is 0.358. The van der Waals surface area contributed by atoms with Crippen LogP contribution in [0.5, 0.6) is 5.75 Å². The molecule has 3 atom stereocenters. The highest BCUT2D eigenvalue weighted by atomic mass is 35.5. The minimum absolute atomic E-state index is 0. The molecule has 1 saturated heterocycles. The summed E-state index contributed by atoms with van der Waals surface area (Å²) in [7, 11) is 0. The first-order chi connectivity index (χ1) is 9.95. The number of hydrogen-bond donors (Lipinski definition) is 2. The Hall–Kier alpha value is -0.680. The van der Waals surface area contributed by atoms with Gasteiger partial charge in [0.05, 0.1) is 0 Å². The van der Waals surface area contributed by atoms with Crippen molar-refractivity contribution in [1.29, 1.82) is 0 Å². The number of halogens is 3. The van der Waals surface area contributed by atoms with Crippen LogP contribution >= 0.6 is 35.6 Å². The number of nitrogens with one attached hydrogen (secondary N) is 2. The molecule has 0 bridgehead atoms. The third-order valence-corrected chi connectivity index (χ3v) is 4.04. The molecule has 0 saturated carbocycles. The van der Waals surface area contributed by atoms with E-state index in [1.165, 1.54) is 0 Å². The molecule has 1 fully saturated rings. The van der Waals surface area contributed by atoms with Crippen molar-refractivity contribution in [3.63, 3.8) is 0 Å². The topological polar surface area (TPSA) is 50.4 Å². The normalized spacial score (nSPS) is 22.4. The Morgan fingerprint density at radius 2 is 2.00 bits per heavy atom. The van der Waals surface area contributed by atoms with Gasteiger partial charge < -0.3 is 15.4 Å². The lowest BCUT2D eigenvalue weighted by Gasteiger charge is -2.31. The lowest BCUT2D eigenvalue weighted by molar-refractivity contribution is -0.128. The average Bonchev–Trinajstić information content (AvgIpc) is 2.40. The Labute approximate surface area is 147 Å². The van der Waals surface area contributed by atoms with Crippen LogP contribution in [0.4, 0.5) is 0 Å². The van der Waals surface area contributed by atoms with Crippen molar-refractivity contribution in [3.05, 3.63) is 28.2 Å². The first kappa shape index (κ1) is 19.4. The van der Waals surface area contributed by atoms with Gasteiger partial charge in [-0.15, -0.1) is 12.4 Å². The Bertz CT molecular complexity index is 493. The molecule has 1 heterocycles. The smallest absolute Gasteiger partial charge is 0.261 e. The number of carbonyl (C=O) groups excluding carboxylic acids is 1. The standard InChI is InChI=1S/C15H20Cl2N2O2.ClH/c1-9-14(4-3-5-18-9)19-15(20)10(2)21-13-7-11(16)6-12(17)8-13;/h6-10,14,18H,3-5H2,1-2H3,(H,19,20);1H. The molecule has 0 aliphatic carbocycles. The molecule has 4 nitrogen and oxygen atoms in total. The summed E-state index contributed by atoms with van der Waals surface area (Å²) in [5, 5.41) is 7.34. The second-order valence-corrected chi connectivity index (χ2v) is 6.24. The average molecular weight is 368 g/mol. The number of carbonyl (C=O) groups is 1. The van der Waals surface area contributed by atoms with Crippen molar-refractivity contribution in [3.8, 4) is 5.75 Å². The van der Waals surface area contributed by atoms with Gasteiger partial charge in [-0.1, -0.05) is 23.2 Å². The van der Waals surface area contributed by atoms with Gasteiger partial charge >= 0.3 is 0 Å². The number of benzene rings is 1. The molecule has 0 aromatic heterocycles. The van der Waals surface area contributed by atoms with Gasteiger partial charge in [0.1, 0.15) is 5.75 Å². The first-order valence-corrected chi connectivity index (χ1v) is 7.88. The molecule has 1 amide bonds.